The second kappa shape index (κ2) is 8.94. The van der Waals surface area contributed by atoms with Crippen LogP contribution in [0.2, 0.25) is 0 Å². The van der Waals surface area contributed by atoms with Gasteiger partial charge in [-0.25, -0.2) is 0 Å². The Morgan fingerprint density at radius 3 is 2.66 bits per heavy atom. The zero-order valence-electron chi connectivity index (χ0n) is 18.6. The molecule has 2 N–H and O–H groups in total. The van der Waals surface area contributed by atoms with Crippen LogP contribution < -0.4 is 10.1 Å². The zero-order valence-corrected chi connectivity index (χ0v) is 19.4. The zero-order chi connectivity index (χ0) is 23.0. The van der Waals surface area contributed by atoms with Crippen molar-refractivity contribution >= 4 is 35.2 Å². The lowest BCUT2D eigenvalue weighted by molar-refractivity contribution is -0.154. The molecule has 9 heteroatoms. The monoisotopic (exact) mass is 462 g/mol. The fourth-order valence-electron chi connectivity index (χ4n) is 5.69. The number of hydrogen-bond donors (Lipinski definition) is 2. The van der Waals surface area contributed by atoms with Crippen LogP contribution in [0.1, 0.15) is 26.7 Å². The molecule has 2 amide bonds. The number of methoxy groups -OCH3 is 1. The smallest absolute Gasteiger partial charge is 0.310 e. The van der Waals surface area contributed by atoms with Crippen LogP contribution in [-0.4, -0.2) is 70.7 Å². The first-order valence-electron chi connectivity index (χ1n) is 11.1. The van der Waals surface area contributed by atoms with Crippen molar-refractivity contribution in [2.75, 3.05) is 32.2 Å². The summed E-state index contributed by atoms with van der Waals surface area (Å²) in [4.78, 5) is 41.6. The first-order valence-corrected chi connectivity index (χ1v) is 12.0. The summed E-state index contributed by atoms with van der Waals surface area (Å²) in [5.41, 5.74) is 0.609. The fraction of sp³-hybridized carbons (Fsp3) is 0.609. The Morgan fingerprint density at radius 1 is 1.31 bits per heavy atom. The van der Waals surface area contributed by atoms with Crippen molar-refractivity contribution in [3.8, 4) is 5.75 Å². The third-order valence-electron chi connectivity index (χ3n) is 6.97. The van der Waals surface area contributed by atoms with E-state index in [1.165, 1.54) is 0 Å². The Balaban J connectivity index is 1.69. The van der Waals surface area contributed by atoms with Crippen LogP contribution >= 0.6 is 11.8 Å². The highest BCUT2D eigenvalue weighted by Crippen LogP contribution is 2.68. The Labute approximate surface area is 192 Å². The average molecular weight is 463 g/mol. The van der Waals surface area contributed by atoms with Gasteiger partial charge in [0.1, 0.15) is 11.8 Å². The van der Waals surface area contributed by atoms with Gasteiger partial charge in [-0.1, -0.05) is 6.92 Å². The molecule has 8 nitrogen and oxygen atoms in total. The molecule has 0 aliphatic carbocycles. The number of nitrogens with zero attached hydrogens (tertiary/aromatic N) is 1. The number of rotatable bonds is 8. The number of fused-ring (bicyclic) bond motifs is 1. The molecule has 2 bridgehead atoms. The maximum Gasteiger partial charge on any atom is 0.310 e. The SMILES string of the molecule is CCOC(=O)[C@@H]1[C@H]2C(=O)N(CCCO)C(C(=O)Nc3ccc(OC)cc3)C23S[C@@H]1CC3C. The van der Waals surface area contributed by atoms with E-state index < -0.39 is 22.6 Å². The number of carbonyl (C=O) groups excluding carboxylic acids is 3. The Kier molecular flexibility index (Phi) is 6.40. The molecule has 1 spiro atoms. The number of thioether (sulfide) groups is 1. The summed E-state index contributed by atoms with van der Waals surface area (Å²) >= 11 is 1.61. The van der Waals surface area contributed by atoms with Crippen LogP contribution in [0.25, 0.3) is 0 Å². The van der Waals surface area contributed by atoms with Gasteiger partial charge in [-0.15, -0.1) is 11.8 Å². The molecule has 3 aliphatic rings. The lowest BCUT2D eigenvalue weighted by Crippen LogP contribution is -2.54. The number of likely N-dealkylation sites (tertiary alicyclic amines) is 1. The average Bonchev–Trinajstić information content (AvgIpc) is 3.36. The minimum absolute atomic E-state index is 0.0331. The van der Waals surface area contributed by atoms with Gasteiger partial charge >= 0.3 is 5.97 Å². The largest absolute Gasteiger partial charge is 0.497 e. The number of benzene rings is 1. The summed E-state index contributed by atoms with van der Waals surface area (Å²) < 4.78 is 9.81. The highest BCUT2D eigenvalue weighted by atomic mass is 32.2. The van der Waals surface area contributed by atoms with Crippen LogP contribution in [0.3, 0.4) is 0 Å². The summed E-state index contributed by atoms with van der Waals surface area (Å²) in [5.74, 6) is -1.18. The molecule has 0 radical (unpaired) electrons. The molecule has 174 valence electrons. The van der Waals surface area contributed by atoms with E-state index in [0.29, 0.717) is 17.9 Å². The standard InChI is InChI=1S/C23H30N2O6S/c1-4-31-22(29)17-16-12-13(2)23(32-16)18(17)21(28)25(10-5-11-26)19(23)20(27)24-14-6-8-15(30-3)9-7-14/h6-9,13,16-19,26H,4-5,10-12H2,1-3H3,(H,24,27)/t13?,16-,17+,18+,19?,23?/m1/s1. The van der Waals surface area contributed by atoms with Gasteiger partial charge in [0.25, 0.3) is 0 Å². The molecule has 3 heterocycles. The molecular weight excluding hydrogens is 432 g/mol. The second-order valence-electron chi connectivity index (χ2n) is 8.63. The maximum absolute atomic E-state index is 13.6. The van der Waals surface area contributed by atoms with Crippen molar-refractivity contribution in [3.63, 3.8) is 0 Å². The van der Waals surface area contributed by atoms with Crippen LogP contribution in [0.5, 0.6) is 5.75 Å². The lowest BCUT2D eigenvalue weighted by Gasteiger charge is -2.38. The molecular formula is C23H30N2O6S. The molecule has 3 fully saturated rings. The highest BCUT2D eigenvalue weighted by Gasteiger charge is 2.76. The number of esters is 1. The van der Waals surface area contributed by atoms with Crippen LogP contribution in [-0.2, 0) is 19.1 Å². The third-order valence-corrected chi connectivity index (χ3v) is 9.04. The fourth-order valence-corrected chi connectivity index (χ4v) is 8.10. The number of anilines is 1. The van der Waals surface area contributed by atoms with Crippen molar-refractivity contribution in [2.24, 2.45) is 17.8 Å². The van der Waals surface area contributed by atoms with E-state index >= 15 is 0 Å². The molecule has 0 saturated carbocycles. The summed E-state index contributed by atoms with van der Waals surface area (Å²) in [6, 6.07) is 6.30. The molecule has 1 aromatic carbocycles. The topological polar surface area (TPSA) is 105 Å². The first kappa shape index (κ1) is 22.9. The summed E-state index contributed by atoms with van der Waals surface area (Å²) in [6.07, 6.45) is 1.13. The van der Waals surface area contributed by atoms with E-state index in [1.54, 1.807) is 55.0 Å². The van der Waals surface area contributed by atoms with Crippen molar-refractivity contribution in [1.82, 2.24) is 4.90 Å². The van der Waals surface area contributed by atoms with Crippen molar-refractivity contribution in [1.29, 1.82) is 0 Å². The van der Waals surface area contributed by atoms with Crippen LogP contribution in [0.4, 0.5) is 5.69 Å². The summed E-state index contributed by atoms with van der Waals surface area (Å²) in [6.45, 7) is 4.26. The van der Waals surface area contributed by atoms with Crippen molar-refractivity contribution in [2.45, 2.75) is 42.7 Å². The predicted octanol–water partition coefficient (Wildman–Crippen LogP) is 1.92. The third kappa shape index (κ3) is 3.46. The summed E-state index contributed by atoms with van der Waals surface area (Å²) in [7, 11) is 1.57. The second-order valence-corrected chi connectivity index (χ2v) is 10.2. The molecule has 3 aliphatic heterocycles. The van der Waals surface area contributed by atoms with E-state index in [4.69, 9.17) is 9.47 Å². The number of aliphatic hydroxyl groups excluding tert-OH is 1. The van der Waals surface area contributed by atoms with Gasteiger partial charge in [0, 0.05) is 24.1 Å². The minimum atomic E-state index is -0.724. The van der Waals surface area contributed by atoms with E-state index in [9.17, 15) is 19.5 Å². The normalized spacial score (nSPS) is 32.7. The predicted molar refractivity (Wildman–Crippen MR) is 120 cm³/mol. The van der Waals surface area contributed by atoms with Gasteiger partial charge in [-0.2, -0.15) is 0 Å². The molecule has 32 heavy (non-hydrogen) atoms. The van der Waals surface area contributed by atoms with E-state index in [1.807, 2.05) is 0 Å². The Hall–Kier alpha value is -2.26. The molecule has 3 saturated heterocycles. The van der Waals surface area contributed by atoms with Gasteiger partial charge in [0.15, 0.2) is 0 Å². The lowest BCUT2D eigenvalue weighted by atomic mass is 9.66. The number of carbonyl (C=O) groups is 3. The van der Waals surface area contributed by atoms with E-state index in [0.717, 1.165) is 6.42 Å². The minimum Gasteiger partial charge on any atom is -0.497 e. The van der Waals surface area contributed by atoms with Crippen LogP contribution in [0, 0.1) is 17.8 Å². The Bertz CT molecular complexity index is 893. The van der Waals surface area contributed by atoms with Crippen LogP contribution in [0.15, 0.2) is 24.3 Å². The maximum atomic E-state index is 13.6. The van der Waals surface area contributed by atoms with E-state index in [2.05, 4.69) is 12.2 Å². The number of aliphatic hydroxyl groups is 1. The molecule has 3 unspecified atom stereocenters. The molecule has 6 atom stereocenters. The van der Waals surface area contributed by atoms with Gasteiger partial charge in [-0.3, -0.25) is 14.4 Å². The van der Waals surface area contributed by atoms with Crippen molar-refractivity contribution in [3.05, 3.63) is 24.3 Å². The van der Waals surface area contributed by atoms with Gasteiger partial charge in [0.2, 0.25) is 11.8 Å². The van der Waals surface area contributed by atoms with Gasteiger partial charge in [0.05, 0.1) is 30.3 Å². The number of ether oxygens (including phenoxy) is 2. The van der Waals surface area contributed by atoms with Gasteiger partial charge < -0.3 is 24.8 Å². The molecule has 0 aromatic heterocycles. The number of amides is 2. The number of nitrogens with one attached hydrogen (secondary N) is 1. The van der Waals surface area contributed by atoms with Crippen molar-refractivity contribution < 1.29 is 29.0 Å². The van der Waals surface area contributed by atoms with Gasteiger partial charge in [-0.05, 0) is 49.9 Å². The summed E-state index contributed by atoms with van der Waals surface area (Å²) in [5, 5.41) is 12.3. The first-order chi connectivity index (χ1) is 15.4. The van der Waals surface area contributed by atoms with E-state index in [-0.39, 0.29) is 48.7 Å². The Morgan fingerprint density at radius 2 is 2.03 bits per heavy atom. The highest BCUT2D eigenvalue weighted by molar-refractivity contribution is 8.02. The number of hydrogen-bond acceptors (Lipinski definition) is 7. The molecule has 1 aromatic rings. The quantitative estimate of drug-likeness (QED) is 0.569. The molecule has 4 rings (SSSR count).